The van der Waals surface area contributed by atoms with E-state index >= 15 is 0 Å². The molecule has 1 aromatic carbocycles. The van der Waals surface area contributed by atoms with Crippen molar-refractivity contribution in [3.63, 3.8) is 0 Å². The zero-order chi connectivity index (χ0) is 12.7. The second-order valence-electron chi connectivity index (χ2n) is 2.99. The maximum Gasteiger partial charge on any atom is 0.180 e. The topological polar surface area (TPSA) is 69.2 Å². The summed E-state index contributed by atoms with van der Waals surface area (Å²) in [5, 5.41) is 8.08. The predicted molar refractivity (Wildman–Crippen MR) is 72.3 cm³/mol. The molecule has 0 aliphatic rings. The molecule has 92 valence electrons. The summed E-state index contributed by atoms with van der Waals surface area (Å²) in [6.07, 6.45) is 3.42. The number of hydrogen-bond acceptors (Lipinski definition) is 5. The molecule has 2 N–H and O–H groups in total. The molecular formula is C11H15N3O2S. The fraction of sp³-hybridized carbons (Fsp3) is 0.273. The van der Waals surface area contributed by atoms with Gasteiger partial charge < -0.3 is 15.2 Å². The minimum Gasteiger partial charge on any atom is -0.497 e. The van der Waals surface area contributed by atoms with Crippen LogP contribution in [0.25, 0.3) is 0 Å². The molecule has 0 radical (unpaired) electrons. The SMILES string of the molecule is COc1ccc(/C=N\N=C(/N)SC)c(OC)c1. The Labute approximate surface area is 105 Å². The van der Waals surface area contributed by atoms with Crippen molar-refractivity contribution in [1.29, 1.82) is 0 Å². The Hall–Kier alpha value is -1.69. The lowest BCUT2D eigenvalue weighted by atomic mass is 10.2. The van der Waals surface area contributed by atoms with Crippen molar-refractivity contribution in [3.8, 4) is 11.5 Å². The molecule has 6 heteroatoms. The van der Waals surface area contributed by atoms with Crippen LogP contribution in [0.1, 0.15) is 5.56 Å². The van der Waals surface area contributed by atoms with Gasteiger partial charge in [-0.2, -0.15) is 5.10 Å². The summed E-state index contributed by atoms with van der Waals surface area (Å²) in [6, 6.07) is 5.44. The number of amidine groups is 1. The maximum absolute atomic E-state index is 5.50. The first kappa shape index (κ1) is 13.4. The van der Waals surface area contributed by atoms with Crippen LogP contribution in [0, 0.1) is 0 Å². The fourth-order valence-electron chi connectivity index (χ4n) is 1.11. The van der Waals surface area contributed by atoms with E-state index in [1.54, 1.807) is 26.5 Å². The molecule has 17 heavy (non-hydrogen) atoms. The van der Waals surface area contributed by atoms with Gasteiger partial charge in [-0.25, -0.2) is 0 Å². The summed E-state index contributed by atoms with van der Waals surface area (Å²) >= 11 is 1.34. The summed E-state index contributed by atoms with van der Waals surface area (Å²) in [4.78, 5) is 0. The lowest BCUT2D eigenvalue weighted by Gasteiger charge is -2.06. The van der Waals surface area contributed by atoms with Crippen LogP contribution in [0.3, 0.4) is 0 Å². The van der Waals surface area contributed by atoms with Crippen LogP contribution in [-0.4, -0.2) is 31.9 Å². The number of hydrogen-bond donors (Lipinski definition) is 1. The molecule has 0 aliphatic carbocycles. The molecular weight excluding hydrogens is 238 g/mol. The van der Waals surface area contributed by atoms with Gasteiger partial charge >= 0.3 is 0 Å². The Morgan fingerprint density at radius 2 is 2.12 bits per heavy atom. The molecule has 0 atom stereocenters. The third kappa shape index (κ3) is 3.99. The van der Waals surface area contributed by atoms with Crippen LogP contribution in [0.2, 0.25) is 0 Å². The summed E-state index contributed by atoms with van der Waals surface area (Å²) in [6.45, 7) is 0. The number of thioether (sulfide) groups is 1. The van der Waals surface area contributed by atoms with Crippen LogP contribution in [0.15, 0.2) is 28.4 Å². The van der Waals surface area contributed by atoms with E-state index in [0.717, 1.165) is 11.3 Å². The number of ether oxygens (including phenoxy) is 2. The molecule has 0 aromatic heterocycles. The summed E-state index contributed by atoms with van der Waals surface area (Å²) in [5.74, 6) is 1.40. The van der Waals surface area contributed by atoms with Crippen LogP contribution >= 0.6 is 11.8 Å². The molecule has 0 heterocycles. The summed E-state index contributed by atoms with van der Waals surface area (Å²) < 4.78 is 10.3. The van der Waals surface area contributed by atoms with E-state index in [9.17, 15) is 0 Å². The lowest BCUT2D eigenvalue weighted by molar-refractivity contribution is 0.394. The predicted octanol–water partition coefficient (Wildman–Crippen LogP) is 1.72. The molecule has 0 amide bonds. The van der Waals surface area contributed by atoms with Crippen molar-refractivity contribution in [2.45, 2.75) is 0 Å². The van der Waals surface area contributed by atoms with Crippen molar-refractivity contribution >= 4 is 23.1 Å². The Kier molecular flexibility index (Phi) is 5.35. The molecule has 0 aliphatic heterocycles. The fourth-order valence-corrected chi connectivity index (χ4v) is 1.24. The average molecular weight is 253 g/mol. The zero-order valence-corrected chi connectivity index (χ0v) is 10.8. The quantitative estimate of drug-likeness (QED) is 0.504. The highest BCUT2D eigenvalue weighted by Crippen LogP contribution is 2.23. The second-order valence-corrected chi connectivity index (χ2v) is 3.82. The Bertz CT molecular complexity index is 433. The number of nitrogens with two attached hydrogens (primary N) is 1. The highest BCUT2D eigenvalue weighted by atomic mass is 32.2. The summed E-state index contributed by atoms with van der Waals surface area (Å²) in [7, 11) is 3.19. The van der Waals surface area contributed by atoms with Gasteiger partial charge in [-0.15, -0.1) is 5.10 Å². The van der Waals surface area contributed by atoms with Crippen molar-refractivity contribution in [2.24, 2.45) is 15.9 Å². The Morgan fingerprint density at radius 3 is 2.71 bits per heavy atom. The van der Waals surface area contributed by atoms with Gasteiger partial charge in [0, 0.05) is 11.6 Å². The highest BCUT2D eigenvalue weighted by Gasteiger charge is 2.02. The third-order valence-corrected chi connectivity index (χ3v) is 2.50. The second kappa shape index (κ2) is 6.80. The average Bonchev–Trinajstić information content (AvgIpc) is 2.38. The van der Waals surface area contributed by atoms with Crippen molar-refractivity contribution in [2.75, 3.05) is 20.5 Å². The van der Waals surface area contributed by atoms with Gasteiger partial charge in [0.1, 0.15) is 11.5 Å². The molecule has 1 rings (SSSR count). The van der Waals surface area contributed by atoms with Crippen molar-refractivity contribution in [1.82, 2.24) is 0 Å². The van der Waals surface area contributed by atoms with Gasteiger partial charge in [0.05, 0.1) is 20.4 Å². The first-order valence-electron chi connectivity index (χ1n) is 4.83. The minimum absolute atomic E-state index is 0.411. The van der Waals surface area contributed by atoms with Gasteiger partial charge in [0.2, 0.25) is 0 Å². The van der Waals surface area contributed by atoms with Gasteiger partial charge in [0.15, 0.2) is 5.17 Å². The van der Waals surface area contributed by atoms with Crippen molar-refractivity contribution < 1.29 is 9.47 Å². The molecule has 0 fully saturated rings. The molecule has 0 spiro atoms. The van der Waals surface area contributed by atoms with E-state index in [1.807, 2.05) is 18.4 Å². The largest absolute Gasteiger partial charge is 0.497 e. The van der Waals surface area contributed by atoms with Gasteiger partial charge in [-0.1, -0.05) is 11.8 Å². The van der Waals surface area contributed by atoms with Crippen LogP contribution in [-0.2, 0) is 0 Å². The number of methoxy groups -OCH3 is 2. The summed E-state index contributed by atoms with van der Waals surface area (Å²) in [5.41, 5.74) is 6.31. The van der Waals surface area contributed by atoms with E-state index in [4.69, 9.17) is 15.2 Å². The smallest absolute Gasteiger partial charge is 0.180 e. The zero-order valence-electron chi connectivity index (χ0n) is 10.0. The normalized spacial score (nSPS) is 11.8. The molecule has 0 saturated carbocycles. The van der Waals surface area contributed by atoms with E-state index in [1.165, 1.54) is 11.8 Å². The standard InChI is InChI=1S/C11H15N3O2S/c1-15-9-5-4-8(10(6-9)16-2)7-13-14-11(12)17-3/h4-7H,1-3H3,(H2,12,14)/b13-7-. The van der Waals surface area contributed by atoms with E-state index in [-0.39, 0.29) is 0 Å². The number of rotatable bonds is 4. The van der Waals surface area contributed by atoms with Gasteiger partial charge in [-0.3, -0.25) is 0 Å². The highest BCUT2D eigenvalue weighted by molar-refractivity contribution is 8.13. The maximum atomic E-state index is 5.50. The molecule has 0 saturated heterocycles. The Morgan fingerprint density at radius 1 is 1.35 bits per heavy atom. The number of benzene rings is 1. The first-order chi connectivity index (χ1) is 8.21. The molecule has 1 aromatic rings. The first-order valence-corrected chi connectivity index (χ1v) is 6.06. The van der Waals surface area contributed by atoms with Gasteiger partial charge in [-0.05, 0) is 18.4 Å². The van der Waals surface area contributed by atoms with E-state index < -0.39 is 0 Å². The van der Waals surface area contributed by atoms with Crippen LogP contribution < -0.4 is 15.2 Å². The van der Waals surface area contributed by atoms with Crippen molar-refractivity contribution in [3.05, 3.63) is 23.8 Å². The number of nitrogens with zero attached hydrogens (tertiary/aromatic N) is 2. The Balaban J connectivity index is 2.91. The minimum atomic E-state index is 0.411. The molecule has 0 unspecified atom stereocenters. The molecule has 5 nitrogen and oxygen atoms in total. The van der Waals surface area contributed by atoms with Crippen LogP contribution in [0.4, 0.5) is 0 Å². The third-order valence-electron chi connectivity index (χ3n) is 2.00. The van der Waals surface area contributed by atoms with Gasteiger partial charge in [0.25, 0.3) is 0 Å². The lowest BCUT2D eigenvalue weighted by Crippen LogP contribution is -2.04. The van der Waals surface area contributed by atoms with E-state index in [0.29, 0.717) is 10.9 Å². The van der Waals surface area contributed by atoms with Crippen LogP contribution in [0.5, 0.6) is 11.5 Å². The molecule has 0 bridgehead atoms. The van der Waals surface area contributed by atoms with E-state index in [2.05, 4.69) is 10.2 Å². The monoisotopic (exact) mass is 253 g/mol.